The first kappa shape index (κ1) is 18.4. The van der Waals surface area contributed by atoms with Crippen LogP contribution in [0.5, 0.6) is 0 Å². The van der Waals surface area contributed by atoms with E-state index in [1.165, 1.54) is 17.8 Å². The number of nitrogens with one attached hydrogen (secondary N) is 1. The molecule has 0 aliphatic heterocycles. The van der Waals surface area contributed by atoms with Crippen LogP contribution in [-0.2, 0) is 4.79 Å². The fourth-order valence-corrected chi connectivity index (χ4v) is 3.14. The first-order chi connectivity index (χ1) is 13.0. The van der Waals surface area contributed by atoms with Crippen LogP contribution in [0.15, 0.2) is 68.8 Å². The number of nitrogens with zero attached hydrogens (tertiary/aromatic N) is 3. The van der Waals surface area contributed by atoms with Crippen LogP contribution in [0.1, 0.15) is 17.1 Å². The molecule has 1 aromatic carbocycles. The molecule has 27 heavy (non-hydrogen) atoms. The number of rotatable bonds is 5. The molecule has 2 heterocycles. The van der Waals surface area contributed by atoms with Crippen LogP contribution in [0.25, 0.3) is 6.08 Å². The topological polar surface area (TPSA) is 91.8 Å². The molecule has 0 radical (unpaired) electrons. The zero-order valence-electron chi connectivity index (χ0n) is 14.8. The van der Waals surface area contributed by atoms with Crippen LogP contribution in [0.4, 0.5) is 5.69 Å². The first-order valence-electron chi connectivity index (χ1n) is 8.11. The number of benzene rings is 1. The van der Waals surface area contributed by atoms with Crippen LogP contribution in [0.2, 0.25) is 0 Å². The van der Waals surface area contributed by atoms with Crippen LogP contribution in [0.3, 0.4) is 0 Å². The number of hydrogen-bond acceptors (Lipinski definition) is 6. The molecule has 0 saturated carbocycles. The highest BCUT2D eigenvalue weighted by Gasteiger charge is 2.12. The molecule has 0 atom stereocenters. The zero-order chi connectivity index (χ0) is 19.2. The van der Waals surface area contributed by atoms with Gasteiger partial charge in [0.05, 0.1) is 0 Å². The summed E-state index contributed by atoms with van der Waals surface area (Å²) in [4.78, 5) is 21.0. The highest BCUT2D eigenvalue weighted by atomic mass is 32.2. The summed E-state index contributed by atoms with van der Waals surface area (Å²) in [6.07, 6.45) is 1.41. The molecule has 0 bridgehead atoms. The largest absolute Gasteiger partial charge is 0.450 e. The molecule has 0 aliphatic rings. The van der Waals surface area contributed by atoms with Gasteiger partial charge in [-0.2, -0.15) is 5.26 Å². The molecular formula is C20H16N4O2S. The van der Waals surface area contributed by atoms with E-state index in [0.717, 1.165) is 11.4 Å². The minimum Gasteiger partial charge on any atom is -0.450 e. The average Bonchev–Trinajstić information content (AvgIpc) is 3.06. The van der Waals surface area contributed by atoms with Gasteiger partial charge in [0.15, 0.2) is 10.2 Å². The summed E-state index contributed by atoms with van der Waals surface area (Å²) in [5.74, 6) is -0.0893. The molecule has 0 spiro atoms. The molecule has 0 aliphatic carbocycles. The highest BCUT2D eigenvalue weighted by Crippen LogP contribution is 2.27. The van der Waals surface area contributed by atoms with Crippen LogP contribution in [0, 0.1) is 25.2 Å². The van der Waals surface area contributed by atoms with E-state index in [-0.39, 0.29) is 5.57 Å². The van der Waals surface area contributed by atoms with Gasteiger partial charge in [-0.3, -0.25) is 4.79 Å². The maximum atomic E-state index is 12.3. The lowest BCUT2D eigenvalue weighted by molar-refractivity contribution is -0.112. The Labute approximate surface area is 161 Å². The molecule has 3 aromatic rings. The van der Waals surface area contributed by atoms with Crippen molar-refractivity contribution in [1.29, 1.82) is 5.26 Å². The van der Waals surface area contributed by atoms with E-state index in [1.807, 2.05) is 32.0 Å². The van der Waals surface area contributed by atoms with Crippen molar-refractivity contribution in [3.63, 3.8) is 0 Å². The van der Waals surface area contributed by atoms with Crippen LogP contribution >= 0.6 is 11.8 Å². The highest BCUT2D eigenvalue weighted by molar-refractivity contribution is 7.99. The van der Waals surface area contributed by atoms with Gasteiger partial charge in [-0.1, -0.05) is 18.2 Å². The molecule has 1 N–H and O–H groups in total. The number of furan rings is 1. The average molecular weight is 376 g/mol. The van der Waals surface area contributed by atoms with E-state index in [9.17, 15) is 10.1 Å². The second-order valence-corrected chi connectivity index (χ2v) is 6.65. The number of aryl methyl sites for hydroxylation is 2. The quantitative estimate of drug-likeness (QED) is 0.403. The van der Waals surface area contributed by atoms with Crippen LogP contribution < -0.4 is 5.32 Å². The van der Waals surface area contributed by atoms with E-state index in [2.05, 4.69) is 15.3 Å². The first-order valence-corrected chi connectivity index (χ1v) is 8.93. The second-order valence-electron chi connectivity index (χ2n) is 5.68. The van der Waals surface area contributed by atoms with Crippen molar-refractivity contribution in [2.75, 3.05) is 5.32 Å². The normalized spacial score (nSPS) is 11.1. The third kappa shape index (κ3) is 5.06. The van der Waals surface area contributed by atoms with Crippen molar-refractivity contribution < 1.29 is 9.21 Å². The van der Waals surface area contributed by atoms with Gasteiger partial charge in [0, 0.05) is 23.2 Å². The summed E-state index contributed by atoms with van der Waals surface area (Å²) in [5, 5.41) is 13.1. The summed E-state index contributed by atoms with van der Waals surface area (Å²) < 4.78 is 5.68. The monoisotopic (exact) mass is 376 g/mol. The Balaban J connectivity index is 1.74. The molecule has 2 aromatic heterocycles. The summed E-state index contributed by atoms with van der Waals surface area (Å²) in [6.45, 7) is 3.80. The Morgan fingerprint density at radius 1 is 1.15 bits per heavy atom. The molecule has 134 valence electrons. The zero-order valence-corrected chi connectivity index (χ0v) is 15.6. The lowest BCUT2D eigenvalue weighted by Gasteiger charge is -2.03. The molecule has 0 fully saturated rings. The smallest absolute Gasteiger partial charge is 0.266 e. The number of amides is 1. The van der Waals surface area contributed by atoms with Gasteiger partial charge < -0.3 is 9.73 Å². The minimum absolute atomic E-state index is 0.0487. The van der Waals surface area contributed by atoms with Gasteiger partial charge in [-0.05, 0) is 55.9 Å². The summed E-state index contributed by atoms with van der Waals surface area (Å²) in [7, 11) is 0. The van der Waals surface area contributed by atoms with Gasteiger partial charge in [0.25, 0.3) is 5.91 Å². The van der Waals surface area contributed by atoms with Crippen molar-refractivity contribution in [3.05, 3.63) is 71.3 Å². The number of anilines is 1. The van der Waals surface area contributed by atoms with E-state index < -0.39 is 5.91 Å². The second kappa shape index (κ2) is 8.34. The number of carbonyl (C=O) groups excluding carboxylic acids is 1. The predicted molar refractivity (Wildman–Crippen MR) is 103 cm³/mol. The molecule has 1 amide bonds. The molecule has 3 rings (SSSR count). The number of carbonyl (C=O) groups is 1. The molecular weight excluding hydrogens is 360 g/mol. The van der Waals surface area contributed by atoms with Gasteiger partial charge >= 0.3 is 0 Å². The number of para-hydroxylation sites is 1. The fraction of sp³-hybridized carbons (Fsp3) is 0.100. The van der Waals surface area contributed by atoms with Crippen molar-refractivity contribution in [3.8, 4) is 6.07 Å². The maximum absolute atomic E-state index is 12.3. The Morgan fingerprint density at radius 2 is 1.85 bits per heavy atom. The van der Waals surface area contributed by atoms with Crippen LogP contribution in [-0.4, -0.2) is 15.9 Å². The third-order valence-electron chi connectivity index (χ3n) is 3.44. The van der Waals surface area contributed by atoms with E-state index in [0.29, 0.717) is 21.7 Å². The maximum Gasteiger partial charge on any atom is 0.266 e. The summed E-state index contributed by atoms with van der Waals surface area (Å²) in [5.41, 5.74) is 2.32. The number of hydrogen-bond donors (Lipinski definition) is 1. The Morgan fingerprint density at radius 3 is 2.52 bits per heavy atom. The Bertz CT molecular complexity index is 1020. The molecule has 0 saturated heterocycles. The Kier molecular flexibility index (Phi) is 5.69. The standard InChI is InChI=1S/C20H16N4O2S/c1-13-10-14(2)23-20(22-13)27-18-9-8-17(26-18)11-15(12-21)19(25)24-16-6-4-3-5-7-16/h3-11H,1-2H3,(H,24,25). The van der Waals surface area contributed by atoms with Crippen molar-refractivity contribution in [2.45, 2.75) is 24.1 Å². The van der Waals surface area contributed by atoms with Crippen molar-refractivity contribution in [1.82, 2.24) is 9.97 Å². The Hall–Kier alpha value is -3.37. The summed E-state index contributed by atoms with van der Waals surface area (Å²) >= 11 is 1.28. The van der Waals surface area contributed by atoms with Gasteiger partial charge in [-0.25, -0.2) is 9.97 Å². The lowest BCUT2D eigenvalue weighted by atomic mass is 10.2. The number of nitriles is 1. The van der Waals surface area contributed by atoms with Gasteiger partial charge in [0.1, 0.15) is 17.4 Å². The SMILES string of the molecule is Cc1cc(C)nc(Sc2ccc(C=C(C#N)C(=O)Nc3ccccc3)o2)n1. The molecule has 7 heteroatoms. The summed E-state index contributed by atoms with van der Waals surface area (Å²) in [6, 6.07) is 16.2. The molecule has 0 unspecified atom stereocenters. The predicted octanol–water partition coefficient (Wildman–Crippen LogP) is 4.38. The van der Waals surface area contributed by atoms with E-state index >= 15 is 0 Å². The number of aromatic nitrogens is 2. The van der Waals surface area contributed by atoms with Gasteiger partial charge in [-0.15, -0.1) is 0 Å². The van der Waals surface area contributed by atoms with Crippen molar-refractivity contribution in [2.24, 2.45) is 0 Å². The molecule has 6 nitrogen and oxygen atoms in total. The van der Waals surface area contributed by atoms with Crippen molar-refractivity contribution >= 4 is 29.4 Å². The fourth-order valence-electron chi connectivity index (χ4n) is 2.31. The minimum atomic E-state index is -0.494. The lowest BCUT2D eigenvalue weighted by Crippen LogP contribution is -2.13. The van der Waals surface area contributed by atoms with E-state index in [4.69, 9.17) is 4.42 Å². The van der Waals surface area contributed by atoms with Gasteiger partial charge in [0.2, 0.25) is 0 Å². The van der Waals surface area contributed by atoms with E-state index in [1.54, 1.807) is 36.4 Å². The third-order valence-corrected chi connectivity index (χ3v) is 4.22.